The fourth-order valence-electron chi connectivity index (χ4n) is 2.01. The molecular formula is C15H15FN4. The van der Waals surface area contributed by atoms with E-state index in [1.54, 1.807) is 6.07 Å². The maximum atomic E-state index is 13.1. The number of pyridine rings is 1. The quantitative estimate of drug-likeness (QED) is 0.792. The van der Waals surface area contributed by atoms with E-state index in [4.69, 9.17) is 0 Å². The van der Waals surface area contributed by atoms with Crippen LogP contribution in [-0.2, 0) is 13.0 Å². The highest BCUT2D eigenvalue weighted by molar-refractivity contribution is 5.43. The molecule has 0 atom stereocenters. The van der Waals surface area contributed by atoms with Gasteiger partial charge in [-0.2, -0.15) is 4.98 Å². The molecule has 1 N–H and O–H groups in total. The van der Waals surface area contributed by atoms with Gasteiger partial charge in [-0.3, -0.25) is 0 Å². The van der Waals surface area contributed by atoms with Gasteiger partial charge in [0.1, 0.15) is 5.82 Å². The van der Waals surface area contributed by atoms with Crippen molar-refractivity contribution in [1.29, 1.82) is 0 Å². The minimum Gasteiger partial charge on any atom is -0.349 e. The monoisotopic (exact) mass is 270 g/mol. The van der Waals surface area contributed by atoms with Gasteiger partial charge in [0.05, 0.1) is 6.20 Å². The van der Waals surface area contributed by atoms with E-state index >= 15 is 0 Å². The zero-order chi connectivity index (χ0) is 13.9. The number of hydrogen-bond donors (Lipinski definition) is 1. The van der Waals surface area contributed by atoms with Gasteiger partial charge in [-0.1, -0.05) is 31.2 Å². The lowest BCUT2D eigenvalue weighted by molar-refractivity contribution is 0.615. The van der Waals surface area contributed by atoms with Crippen molar-refractivity contribution in [3.8, 4) is 0 Å². The lowest BCUT2D eigenvalue weighted by atomic mass is 10.1. The highest BCUT2D eigenvalue weighted by Crippen LogP contribution is 2.09. The maximum Gasteiger partial charge on any atom is 0.243 e. The first-order valence-electron chi connectivity index (χ1n) is 6.58. The van der Waals surface area contributed by atoms with Crippen LogP contribution in [0, 0.1) is 5.82 Å². The van der Waals surface area contributed by atoms with Crippen molar-refractivity contribution in [2.75, 3.05) is 5.32 Å². The Morgan fingerprint density at radius 3 is 2.60 bits per heavy atom. The summed E-state index contributed by atoms with van der Waals surface area (Å²) in [5.41, 5.74) is 3.09. The van der Waals surface area contributed by atoms with Crippen molar-refractivity contribution >= 4 is 11.6 Å². The molecule has 0 bridgehead atoms. The largest absolute Gasteiger partial charge is 0.349 e. The molecule has 0 aliphatic rings. The number of aryl methyl sites for hydroxylation is 1. The molecular weight excluding hydrogens is 255 g/mol. The molecule has 1 aromatic carbocycles. The molecule has 0 saturated heterocycles. The number of anilines is 1. The summed E-state index contributed by atoms with van der Waals surface area (Å²) in [4.78, 5) is 4.28. The van der Waals surface area contributed by atoms with Crippen molar-refractivity contribution in [3.05, 3.63) is 59.5 Å². The van der Waals surface area contributed by atoms with Gasteiger partial charge in [-0.25, -0.2) is 8.91 Å². The summed E-state index contributed by atoms with van der Waals surface area (Å²) in [5, 5.41) is 7.32. The van der Waals surface area contributed by atoms with E-state index in [9.17, 15) is 4.39 Å². The Hall–Kier alpha value is -2.43. The van der Waals surface area contributed by atoms with Gasteiger partial charge in [0.2, 0.25) is 5.95 Å². The third-order valence-corrected chi connectivity index (χ3v) is 3.18. The molecule has 3 rings (SSSR count). The van der Waals surface area contributed by atoms with Crippen LogP contribution in [-0.4, -0.2) is 14.6 Å². The zero-order valence-corrected chi connectivity index (χ0v) is 11.2. The van der Waals surface area contributed by atoms with Crippen molar-refractivity contribution in [3.63, 3.8) is 0 Å². The number of nitrogens with one attached hydrogen (secondary N) is 1. The molecule has 4 nitrogen and oxygen atoms in total. The normalized spacial score (nSPS) is 10.9. The van der Waals surface area contributed by atoms with Crippen molar-refractivity contribution < 1.29 is 4.39 Å². The molecule has 0 aliphatic heterocycles. The Kier molecular flexibility index (Phi) is 3.33. The average molecular weight is 270 g/mol. The molecule has 2 heterocycles. The number of benzene rings is 1. The molecule has 0 radical (unpaired) electrons. The Bertz CT molecular complexity index is 718. The van der Waals surface area contributed by atoms with Crippen LogP contribution in [0.2, 0.25) is 0 Å². The highest BCUT2D eigenvalue weighted by atomic mass is 19.1. The van der Waals surface area contributed by atoms with Gasteiger partial charge in [-0.05, 0) is 29.7 Å². The second-order valence-electron chi connectivity index (χ2n) is 4.61. The fraction of sp³-hybridized carbons (Fsp3) is 0.200. The molecule has 0 unspecified atom stereocenters. The van der Waals surface area contributed by atoms with Gasteiger partial charge < -0.3 is 5.32 Å². The number of aromatic nitrogens is 3. The van der Waals surface area contributed by atoms with Gasteiger partial charge in [0.25, 0.3) is 0 Å². The lowest BCUT2D eigenvalue weighted by Crippen LogP contribution is -2.01. The number of halogens is 1. The first kappa shape index (κ1) is 12.6. The van der Waals surface area contributed by atoms with Crippen LogP contribution in [0.3, 0.4) is 0 Å². The SMILES string of the molecule is CCc1ccc(CNc2nc3ccc(F)cn3n2)cc1. The standard InChI is InChI=1S/C15H15FN4/c1-2-11-3-5-12(6-4-11)9-17-15-18-14-8-7-13(16)10-20(14)19-15/h3-8,10H,2,9H2,1H3,(H,17,19). The average Bonchev–Trinajstić information content (AvgIpc) is 2.87. The highest BCUT2D eigenvalue weighted by Gasteiger charge is 2.03. The van der Waals surface area contributed by atoms with E-state index < -0.39 is 0 Å². The Labute approximate surface area is 116 Å². The fourth-order valence-corrected chi connectivity index (χ4v) is 2.01. The summed E-state index contributed by atoms with van der Waals surface area (Å²) in [6, 6.07) is 11.4. The predicted molar refractivity (Wildman–Crippen MR) is 76.1 cm³/mol. The van der Waals surface area contributed by atoms with E-state index in [1.165, 1.54) is 22.3 Å². The van der Waals surface area contributed by atoms with Crippen LogP contribution in [0.5, 0.6) is 0 Å². The first-order valence-corrected chi connectivity index (χ1v) is 6.58. The van der Waals surface area contributed by atoms with Crippen LogP contribution < -0.4 is 5.32 Å². The molecule has 0 amide bonds. The summed E-state index contributed by atoms with van der Waals surface area (Å²) in [5.74, 6) is 0.166. The molecule has 0 fully saturated rings. The topological polar surface area (TPSA) is 42.2 Å². The van der Waals surface area contributed by atoms with E-state index in [0.717, 1.165) is 12.0 Å². The molecule has 0 saturated carbocycles. The summed E-state index contributed by atoms with van der Waals surface area (Å²) >= 11 is 0. The summed E-state index contributed by atoms with van der Waals surface area (Å²) in [6.45, 7) is 2.77. The van der Waals surface area contributed by atoms with Crippen molar-refractivity contribution in [2.45, 2.75) is 19.9 Å². The minimum atomic E-state index is -0.330. The van der Waals surface area contributed by atoms with E-state index in [0.29, 0.717) is 18.1 Å². The Morgan fingerprint density at radius 1 is 1.10 bits per heavy atom. The van der Waals surface area contributed by atoms with E-state index in [1.807, 2.05) is 0 Å². The van der Waals surface area contributed by atoms with Gasteiger partial charge >= 0.3 is 0 Å². The van der Waals surface area contributed by atoms with Crippen molar-refractivity contribution in [2.24, 2.45) is 0 Å². The molecule has 5 heteroatoms. The van der Waals surface area contributed by atoms with Crippen LogP contribution in [0.4, 0.5) is 10.3 Å². The molecule has 0 aliphatic carbocycles. The smallest absolute Gasteiger partial charge is 0.243 e. The van der Waals surface area contributed by atoms with Crippen LogP contribution >= 0.6 is 0 Å². The van der Waals surface area contributed by atoms with Crippen molar-refractivity contribution in [1.82, 2.24) is 14.6 Å². The maximum absolute atomic E-state index is 13.1. The van der Waals surface area contributed by atoms with Crippen LogP contribution in [0.25, 0.3) is 5.65 Å². The molecule has 0 spiro atoms. The predicted octanol–water partition coefficient (Wildman–Crippen LogP) is 3.04. The molecule has 2 aromatic heterocycles. The van der Waals surface area contributed by atoms with Crippen LogP contribution in [0.15, 0.2) is 42.6 Å². The summed E-state index contributed by atoms with van der Waals surface area (Å²) in [6.07, 6.45) is 2.34. The Morgan fingerprint density at radius 2 is 1.85 bits per heavy atom. The van der Waals surface area contributed by atoms with E-state index in [2.05, 4.69) is 46.6 Å². The van der Waals surface area contributed by atoms with Gasteiger partial charge in [0, 0.05) is 6.54 Å². The molecule has 20 heavy (non-hydrogen) atoms. The minimum absolute atomic E-state index is 0.330. The molecule has 102 valence electrons. The van der Waals surface area contributed by atoms with Crippen LogP contribution in [0.1, 0.15) is 18.1 Å². The molecule has 3 aromatic rings. The third-order valence-electron chi connectivity index (χ3n) is 3.18. The number of nitrogens with zero attached hydrogens (tertiary/aromatic N) is 3. The Balaban J connectivity index is 1.72. The first-order chi connectivity index (χ1) is 9.74. The second kappa shape index (κ2) is 5.28. The number of fused-ring (bicyclic) bond motifs is 1. The van der Waals surface area contributed by atoms with E-state index in [-0.39, 0.29) is 5.82 Å². The summed E-state index contributed by atoms with van der Waals surface area (Å²) < 4.78 is 14.5. The van der Waals surface area contributed by atoms with Gasteiger partial charge in [-0.15, -0.1) is 5.10 Å². The van der Waals surface area contributed by atoms with Gasteiger partial charge in [0.15, 0.2) is 5.65 Å². The number of rotatable bonds is 4. The second-order valence-corrected chi connectivity index (χ2v) is 4.61. The third kappa shape index (κ3) is 2.61. The summed E-state index contributed by atoms with van der Waals surface area (Å²) in [7, 11) is 0. The number of hydrogen-bond acceptors (Lipinski definition) is 3. The lowest BCUT2D eigenvalue weighted by Gasteiger charge is -2.03. The zero-order valence-electron chi connectivity index (χ0n) is 11.2.